The molecule has 6 nitrogen and oxygen atoms in total. The number of allylic oxidation sites excluding steroid dienone is 8. The quantitative estimate of drug-likeness (QED) is 0.0262. The minimum atomic E-state index is -3.51. The number of esters is 3. The average Bonchev–Trinajstić information content (AvgIpc) is 3.33. The molecule has 0 saturated carbocycles. The van der Waals surface area contributed by atoms with Gasteiger partial charge in [-0.1, -0.05) is 223 Å². The van der Waals surface area contributed by atoms with Gasteiger partial charge >= 0.3 is 17.9 Å². The Morgan fingerprint density at radius 2 is 0.591 bits per heavy atom. The predicted molar refractivity (Wildman–Crippen MR) is 284 cm³/mol. The normalized spacial score (nSPS) is 13.7. The molecule has 0 aliphatic rings. The molecule has 0 saturated heterocycles. The van der Waals surface area contributed by atoms with Crippen molar-refractivity contribution < 1.29 is 35.4 Å². The number of hydrogen-bond donors (Lipinski definition) is 0. The zero-order chi connectivity index (χ0) is 52.4. The van der Waals surface area contributed by atoms with E-state index in [1.165, 1.54) is 116 Å². The van der Waals surface area contributed by atoms with Crippen molar-refractivity contribution in [3.8, 4) is 0 Å². The summed E-state index contributed by atoms with van der Waals surface area (Å²) in [6.45, 7) is -0.235. The highest BCUT2D eigenvalue weighted by molar-refractivity contribution is 5.71. The topological polar surface area (TPSA) is 78.9 Å². The van der Waals surface area contributed by atoms with Crippen LogP contribution in [0.4, 0.5) is 0 Å². The Kier molecular flexibility index (Phi) is 45.2. The molecule has 0 aromatic carbocycles. The highest BCUT2D eigenvalue weighted by Crippen LogP contribution is 2.15. The molecular formula is C60H108O6. The van der Waals surface area contributed by atoms with E-state index in [0.29, 0.717) is 25.7 Å². The standard InChI is InChI=1S/C60H108O6/c1-4-7-10-13-16-19-22-25-28-29-30-33-36-39-42-45-48-51-54-60(63)66-57(55-64-58(61)52-49-46-43-40-37-34-31-26-23-20-17-14-11-8-5-2)56-65-59(62)53-50-47-44-41-38-35-32-27-24-21-18-15-12-9-6-3/h16,19,25-28,31-32,57H,4-15,17-18,20-24,29-30,33-56H2,1-3H3/b19-16+,28-25+,31-26+,32-27+/i55D2,56D2,57D. The van der Waals surface area contributed by atoms with Crippen molar-refractivity contribution >= 4 is 17.9 Å². The number of carbonyl (C=O) groups excluding carboxylic acids is 3. The first-order valence-corrected chi connectivity index (χ1v) is 28.1. The molecule has 0 unspecified atom stereocenters. The van der Waals surface area contributed by atoms with Crippen LogP contribution in [0.3, 0.4) is 0 Å². The van der Waals surface area contributed by atoms with Crippen molar-refractivity contribution in [2.75, 3.05) is 13.1 Å². The third-order valence-electron chi connectivity index (χ3n) is 12.1. The number of unbranched alkanes of at least 4 members (excludes halogenated alkanes) is 33. The summed E-state index contributed by atoms with van der Waals surface area (Å²) in [5, 5.41) is 0. The SMILES string of the molecule is [2H]C([2H])(OC(=O)CCCCCCC/C=C/CCCCCCCC)C([2H])(OC(=O)CCCCCCCCCC/C=C/C/C=C/CCCCC)C([2H])([2H])OC(=O)CCCCCCC/C=C/CCCCCCCC. The van der Waals surface area contributed by atoms with Gasteiger partial charge in [0.2, 0.25) is 0 Å². The van der Waals surface area contributed by atoms with Crippen molar-refractivity contribution in [2.24, 2.45) is 0 Å². The van der Waals surface area contributed by atoms with Crippen LogP contribution in [0.2, 0.25) is 0 Å². The van der Waals surface area contributed by atoms with Crippen LogP contribution in [0.1, 0.15) is 304 Å². The summed E-state index contributed by atoms with van der Waals surface area (Å²) in [6.07, 6.45) is 56.8. The third kappa shape index (κ3) is 52.3. The Bertz CT molecular complexity index is 1310. The molecule has 0 aromatic heterocycles. The third-order valence-corrected chi connectivity index (χ3v) is 12.1. The Morgan fingerprint density at radius 3 is 0.924 bits per heavy atom. The van der Waals surface area contributed by atoms with E-state index in [0.717, 1.165) is 116 Å². The van der Waals surface area contributed by atoms with Crippen LogP contribution in [0.25, 0.3) is 0 Å². The van der Waals surface area contributed by atoms with Crippen LogP contribution < -0.4 is 0 Å². The van der Waals surface area contributed by atoms with Crippen LogP contribution >= 0.6 is 0 Å². The molecule has 0 radical (unpaired) electrons. The molecule has 66 heavy (non-hydrogen) atoms. The molecule has 0 amide bonds. The van der Waals surface area contributed by atoms with Crippen LogP contribution in [0.15, 0.2) is 48.6 Å². The monoisotopic (exact) mass is 930 g/mol. The number of ether oxygens (including phenoxy) is 3. The predicted octanol–water partition coefficient (Wildman–Crippen LogP) is 19.0. The van der Waals surface area contributed by atoms with Crippen molar-refractivity contribution in [2.45, 2.75) is 303 Å². The van der Waals surface area contributed by atoms with E-state index in [9.17, 15) is 14.4 Å². The second kappa shape index (κ2) is 55.0. The lowest BCUT2D eigenvalue weighted by atomic mass is 10.1. The summed E-state index contributed by atoms with van der Waals surface area (Å²) in [7, 11) is 0. The van der Waals surface area contributed by atoms with Crippen molar-refractivity contribution in [3.05, 3.63) is 48.6 Å². The van der Waals surface area contributed by atoms with E-state index in [-0.39, 0.29) is 19.3 Å². The van der Waals surface area contributed by atoms with Crippen molar-refractivity contribution in [1.29, 1.82) is 0 Å². The molecule has 0 spiro atoms. The molecule has 0 aliphatic carbocycles. The molecule has 0 aliphatic heterocycles. The summed E-state index contributed by atoms with van der Waals surface area (Å²) in [4.78, 5) is 39.1. The molecule has 0 fully saturated rings. The molecule has 0 bridgehead atoms. The van der Waals surface area contributed by atoms with E-state index < -0.39 is 37.1 Å². The van der Waals surface area contributed by atoms with E-state index >= 15 is 0 Å². The zero-order valence-corrected chi connectivity index (χ0v) is 43.5. The van der Waals surface area contributed by atoms with Gasteiger partial charge in [0.05, 0.1) is 6.85 Å². The zero-order valence-electron chi connectivity index (χ0n) is 48.5. The first-order valence-electron chi connectivity index (χ1n) is 30.6. The van der Waals surface area contributed by atoms with Gasteiger partial charge in [-0.15, -0.1) is 0 Å². The molecule has 0 rings (SSSR count). The highest BCUT2D eigenvalue weighted by Gasteiger charge is 2.19. The fourth-order valence-electron chi connectivity index (χ4n) is 7.83. The van der Waals surface area contributed by atoms with E-state index in [1.54, 1.807) is 0 Å². The van der Waals surface area contributed by atoms with Gasteiger partial charge in [0, 0.05) is 19.3 Å². The smallest absolute Gasteiger partial charge is 0.306 e. The van der Waals surface area contributed by atoms with Gasteiger partial charge in [-0.25, -0.2) is 0 Å². The van der Waals surface area contributed by atoms with Gasteiger partial charge in [0.1, 0.15) is 13.1 Å². The van der Waals surface area contributed by atoms with E-state index in [2.05, 4.69) is 69.4 Å². The maximum absolute atomic E-state index is 13.2. The summed E-state index contributed by atoms with van der Waals surface area (Å²) in [5.74, 6) is -2.98. The van der Waals surface area contributed by atoms with Crippen LogP contribution in [-0.4, -0.2) is 37.1 Å². The Morgan fingerprint density at radius 1 is 0.348 bits per heavy atom. The van der Waals surface area contributed by atoms with E-state index in [1.807, 2.05) is 0 Å². The fraction of sp³-hybridized carbons (Fsp3) is 0.817. The van der Waals surface area contributed by atoms with Gasteiger partial charge in [-0.3, -0.25) is 14.4 Å². The lowest BCUT2D eigenvalue weighted by Gasteiger charge is -2.18. The van der Waals surface area contributed by atoms with Gasteiger partial charge in [-0.2, -0.15) is 0 Å². The summed E-state index contributed by atoms with van der Waals surface area (Å²) in [6, 6.07) is 0. The summed E-state index contributed by atoms with van der Waals surface area (Å²) >= 11 is 0. The van der Waals surface area contributed by atoms with Gasteiger partial charge in [0.15, 0.2) is 6.08 Å². The minimum Gasteiger partial charge on any atom is -0.462 e. The summed E-state index contributed by atoms with van der Waals surface area (Å²) in [5.41, 5.74) is 0. The van der Waals surface area contributed by atoms with Gasteiger partial charge in [0.25, 0.3) is 0 Å². The maximum atomic E-state index is 13.2. The van der Waals surface area contributed by atoms with Crippen LogP contribution in [-0.2, 0) is 28.6 Å². The minimum absolute atomic E-state index is 0.145. The summed E-state index contributed by atoms with van der Waals surface area (Å²) < 4.78 is 59.0. The van der Waals surface area contributed by atoms with Gasteiger partial charge < -0.3 is 14.2 Å². The van der Waals surface area contributed by atoms with Crippen molar-refractivity contribution in [3.63, 3.8) is 0 Å². The van der Waals surface area contributed by atoms with Gasteiger partial charge in [-0.05, 0) is 103 Å². The molecule has 0 atom stereocenters. The lowest BCUT2D eigenvalue weighted by molar-refractivity contribution is -0.167. The largest absolute Gasteiger partial charge is 0.462 e. The van der Waals surface area contributed by atoms with E-state index in [4.69, 9.17) is 21.1 Å². The molecule has 384 valence electrons. The number of hydrogen-bond acceptors (Lipinski definition) is 6. The molecule has 0 heterocycles. The first kappa shape index (κ1) is 54.3. The first-order chi connectivity index (χ1) is 34.4. The second-order valence-corrected chi connectivity index (χ2v) is 18.7. The fourth-order valence-corrected chi connectivity index (χ4v) is 7.83. The second-order valence-electron chi connectivity index (χ2n) is 18.7. The number of rotatable bonds is 52. The molecule has 6 heteroatoms. The molecule has 0 N–H and O–H groups in total. The number of carbonyl (C=O) groups is 3. The highest BCUT2D eigenvalue weighted by atomic mass is 16.6. The molecule has 0 aromatic rings. The lowest BCUT2D eigenvalue weighted by Crippen LogP contribution is -2.30. The molecular weight excluding hydrogens is 817 g/mol. The Labute approximate surface area is 416 Å². The Balaban J connectivity index is 5.00. The maximum Gasteiger partial charge on any atom is 0.306 e. The Hall–Kier alpha value is -2.63. The van der Waals surface area contributed by atoms with Crippen LogP contribution in [0, 0.1) is 0 Å². The van der Waals surface area contributed by atoms with Crippen LogP contribution in [0.5, 0.6) is 0 Å². The van der Waals surface area contributed by atoms with Crippen molar-refractivity contribution in [1.82, 2.24) is 0 Å². The average molecular weight is 931 g/mol.